The van der Waals surface area contributed by atoms with Gasteiger partial charge in [-0.1, -0.05) is 24.3 Å². The number of nitrogens with zero attached hydrogens (tertiary/aromatic N) is 3. The van der Waals surface area contributed by atoms with Gasteiger partial charge in [0.2, 0.25) is 5.91 Å². The topological polar surface area (TPSA) is 81.9 Å². The smallest absolute Gasteiger partial charge is 0.255 e. The van der Waals surface area contributed by atoms with E-state index in [0.717, 1.165) is 73.5 Å². The van der Waals surface area contributed by atoms with Crippen molar-refractivity contribution in [3.05, 3.63) is 83.7 Å². The maximum Gasteiger partial charge on any atom is 0.255 e. The second kappa shape index (κ2) is 12.6. The average molecular weight is 544 g/mol. The van der Waals surface area contributed by atoms with Gasteiger partial charge in [0.1, 0.15) is 5.82 Å². The number of amides is 2. The Morgan fingerprint density at radius 2 is 1.70 bits per heavy atom. The molecule has 2 amide bonds. The first-order chi connectivity index (χ1) is 19.4. The summed E-state index contributed by atoms with van der Waals surface area (Å²) in [4.78, 5) is 32.5. The Balaban J connectivity index is 1.42. The molecule has 2 fully saturated rings. The highest BCUT2D eigenvalue weighted by atomic mass is 19.1. The van der Waals surface area contributed by atoms with E-state index in [4.69, 9.17) is 5.73 Å². The standard InChI is InChI=1S/C32H38FN5O2/c1-36-16-18-37(19-17-36)30-13-10-27(21-29(30)35-31(39)24-8-11-28(33)12-9-24)26-5-2-4-23(20-26)22-38(15-3-14-34)32(40)25-6-7-25/h2,4-5,8-13,20-21,25H,3,6-7,14-19,22,34H2,1H3,(H,35,39). The van der Waals surface area contributed by atoms with Crippen LogP contribution in [0.1, 0.15) is 35.2 Å². The Kier molecular flexibility index (Phi) is 8.77. The van der Waals surface area contributed by atoms with Gasteiger partial charge in [0.05, 0.1) is 11.4 Å². The van der Waals surface area contributed by atoms with Crippen LogP contribution in [0, 0.1) is 11.7 Å². The lowest BCUT2D eigenvalue weighted by molar-refractivity contribution is -0.133. The highest BCUT2D eigenvalue weighted by molar-refractivity contribution is 6.06. The van der Waals surface area contributed by atoms with Gasteiger partial charge < -0.3 is 25.8 Å². The van der Waals surface area contributed by atoms with Crippen LogP contribution in [0.4, 0.5) is 15.8 Å². The molecule has 3 N–H and O–H groups in total. The number of hydrogen-bond acceptors (Lipinski definition) is 5. The van der Waals surface area contributed by atoms with Gasteiger partial charge in [-0.05, 0) is 92.0 Å². The lowest BCUT2D eigenvalue weighted by atomic mass is 10.0. The minimum absolute atomic E-state index is 0.162. The normalized spacial score (nSPS) is 15.6. The number of likely N-dealkylation sites (N-methyl/N-ethyl adjacent to an activating group) is 1. The molecule has 0 unspecified atom stereocenters. The Morgan fingerprint density at radius 1 is 0.975 bits per heavy atom. The summed E-state index contributed by atoms with van der Waals surface area (Å²) in [6.07, 6.45) is 2.73. The van der Waals surface area contributed by atoms with Crippen molar-refractivity contribution in [3.8, 4) is 11.1 Å². The summed E-state index contributed by atoms with van der Waals surface area (Å²) in [5.41, 5.74) is 10.9. The van der Waals surface area contributed by atoms with Crippen LogP contribution in [0.3, 0.4) is 0 Å². The summed E-state index contributed by atoms with van der Waals surface area (Å²) >= 11 is 0. The van der Waals surface area contributed by atoms with Crippen molar-refractivity contribution in [2.24, 2.45) is 11.7 Å². The van der Waals surface area contributed by atoms with E-state index in [0.29, 0.717) is 25.2 Å². The summed E-state index contributed by atoms with van der Waals surface area (Å²) in [7, 11) is 2.11. The van der Waals surface area contributed by atoms with Crippen molar-refractivity contribution in [2.75, 3.05) is 56.5 Å². The minimum atomic E-state index is -0.378. The van der Waals surface area contributed by atoms with Crippen LogP contribution in [-0.4, -0.2) is 67.9 Å². The largest absolute Gasteiger partial charge is 0.367 e. The monoisotopic (exact) mass is 543 g/mol. The number of anilines is 2. The number of halogens is 1. The number of rotatable bonds is 10. The number of carbonyl (C=O) groups is 2. The number of benzene rings is 3. The molecule has 210 valence electrons. The summed E-state index contributed by atoms with van der Waals surface area (Å²) in [5.74, 6) is -0.274. The third-order valence-electron chi connectivity index (χ3n) is 7.70. The summed E-state index contributed by atoms with van der Waals surface area (Å²) < 4.78 is 13.4. The molecule has 0 spiro atoms. The number of nitrogens with two attached hydrogens (primary N) is 1. The fraction of sp³-hybridized carbons (Fsp3) is 0.375. The van der Waals surface area contributed by atoms with E-state index in [9.17, 15) is 14.0 Å². The lowest BCUT2D eigenvalue weighted by Crippen LogP contribution is -2.44. The third kappa shape index (κ3) is 6.87. The maximum absolute atomic E-state index is 13.4. The van der Waals surface area contributed by atoms with Crippen molar-refractivity contribution < 1.29 is 14.0 Å². The maximum atomic E-state index is 13.4. The fourth-order valence-corrected chi connectivity index (χ4v) is 5.14. The predicted octanol–water partition coefficient (Wildman–Crippen LogP) is 4.58. The highest BCUT2D eigenvalue weighted by Crippen LogP contribution is 2.34. The molecular weight excluding hydrogens is 505 g/mol. The predicted molar refractivity (Wildman–Crippen MR) is 158 cm³/mol. The Hall–Kier alpha value is -3.75. The second-order valence-electron chi connectivity index (χ2n) is 10.9. The van der Waals surface area contributed by atoms with Gasteiger partial charge in [-0.25, -0.2) is 4.39 Å². The van der Waals surface area contributed by atoms with E-state index in [-0.39, 0.29) is 23.5 Å². The highest BCUT2D eigenvalue weighted by Gasteiger charge is 2.33. The van der Waals surface area contributed by atoms with Crippen LogP contribution in [0.2, 0.25) is 0 Å². The molecule has 0 radical (unpaired) electrons. The van der Waals surface area contributed by atoms with Crippen LogP contribution < -0.4 is 16.0 Å². The number of hydrogen-bond donors (Lipinski definition) is 2. The van der Waals surface area contributed by atoms with Gasteiger partial charge in [-0.2, -0.15) is 0 Å². The molecule has 40 heavy (non-hydrogen) atoms. The molecular formula is C32H38FN5O2. The molecule has 7 nitrogen and oxygen atoms in total. The summed E-state index contributed by atoms with van der Waals surface area (Å²) in [5, 5.41) is 3.09. The van der Waals surface area contributed by atoms with Gasteiger partial charge in [0.25, 0.3) is 5.91 Å². The number of carbonyl (C=O) groups excluding carboxylic acids is 2. The average Bonchev–Trinajstić information content (AvgIpc) is 3.82. The first-order valence-corrected chi connectivity index (χ1v) is 14.1. The zero-order chi connectivity index (χ0) is 28.1. The van der Waals surface area contributed by atoms with Gasteiger partial charge in [0, 0.05) is 50.7 Å². The molecule has 0 atom stereocenters. The van der Waals surface area contributed by atoms with Gasteiger partial charge >= 0.3 is 0 Å². The Labute approximate surface area is 235 Å². The van der Waals surface area contributed by atoms with Gasteiger partial charge in [-0.15, -0.1) is 0 Å². The van der Waals surface area contributed by atoms with Crippen LogP contribution in [0.15, 0.2) is 66.7 Å². The van der Waals surface area contributed by atoms with Crippen molar-refractivity contribution >= 4 is 23.2 Å². The molecule has 5 rings (SSSR count). The van der Waals surface area contributed by atoms with Crippen LogP contribution in [0.5, 0.6) is 0 Å². The van der Waals surface area contributed by atoms with E-state index in [1.165, 1.54) is 24.3 Å². The zero-order valence-electron chi connectivity index (χ0n) is 23.1. The van der Waals surface area contributed by atoms with Crippen LogP contribution in [-0.2, 0) is 11.3 Å². The summed E-state index contributed by atoms with van der Waals surface area (Å²) in [6.45, 7) is 5.37. The van der Waals surface area contributed by atoms with Gasteiger partial charge in [-0.3, -0.25) is 9.59 Å². The Morgan fingerprint density at radius 3 is 2.40 bits per heavy atom. The van der Waals surface area contributed by atoms with Crippen LogP contribution in [0.25, 0.3) is 11.1 Å². The molecule has 0 aromatic heterocycles. The van der Waals surface area contributed by atoms with E-state index in [1.54, 1.807) is 0 Å². The Bertz CT molecular complexity index is 1330. The number of nitrogens with one attached hydrogen (secondary N) is 1. The van der Waals surface area contributed by atoms with Gasteiger partial charge in [0.15, 0.2) is 0 Å². The second-order valence-corrected chi connectivity index (χ2v) is 10.9. The molecule has 1 aliphatic heterocycles. The fourth-order valence-electron chi connectivity index (χ4n) is 5.14. The summed E-state index contributed by atoms with van der Waals surface area (Å²) in [6, 6.07) is 20.0. The first-order valence-electron chi connectivity index (χ1n) is 14.1. The molecule has 0 bridgehead atoms. The molecule has 1 aliphatic carbocycles. The third-order valence-corrected chi connectivity index (χ3v) is 7.70. The van der Waals surface area contributed by atoms with Crippen molar-refractivity contribution in [2.45, 2.75) is 25.8 Å². The molecule has 2 aliphatic rings. The van der Waals surface area contributed by atoms with E-state index < -0.39 is 0 Å². The van der Waals surface area contributed by atoms with Crippen LogP contribution >= 0.6 is 0 Å². The van der Waals surface area contributed by atoms with Crippen molar-refractivity contribution in [3.63, 3.8) is 0 Å². The molecule has 1 heterocycles. The first kappa shape index (κ1) is 27.8. The molecule has 3 aromatic carbocycles. The van der Waals surface area contributed by atoms with Crippen molar-refractivity contribution in [1.29, 1.82) is 0 Å². The van der Waals surface area contributed by atoms with E-state index in [2.05, 4.69) is 46.4 Å². The quantitative estimate of drug-likeness (QED) is 0.391. The molecule has 1 saturated heterocycles. The number of piperazine rings is 1. The molecule has 1 saturated carbocycles. The lowest BCUT2D eigenvalue weighted by Gasteiger charge is -2.35. The zero-order valence-corrected chi connectivity index (χ0v) is 23.1. The van der Waals surface area contributed by atoms with E-state index >= 15 is 0 Å². The van der Waals surface area contributed by atoms with Crippen molar-refractivity contribution in [1.82, 2.24) is 9.80 Å². The SMILES string of the molecule is CN1CCN(c2ccc(-c3cccc(CN(CCCN)C(=O)C4CC4)c3)cc2NC(=O)c2ccc(F)cc2)CC1. The molecule has 8 heteroatoms. The molecule has 3 aromatic rings. The minimum Gasteiger partial charge on any atom is -0.367 e. The van der Waals surface area contributed by atoms with E-state index in [1.807, 2.05) is 23.1 Å².